The Bertz CT molecular complexity index is 702. The van der Waals surface area contributed by atoms with Gasteiger partial charge in [0.15, 0.2) is 0 Å². The second kappa shape index (κ2) is 5.89. The van der Waals surface area contributed by atoms with Crippen molar-refractivity contribution >= 4 is 33.4 Å². The molecule has 0 aromatic heterocycles. The first-order valence-electron chi connectivity index (χ1n) is 6.77. The van der Waals surface area contributed by atoms with E-state index in [1.807, 2.05) is 0 Å². The lowest BCUT2D eigenvalue weighted by Gasteiger charge is -2.25. The summed E-state index contributed by atoms with van der Waals surface area (Å²) in [6.07, 6.45) is 1.42. The van der Waals surface area contributed by atoms with Gasteiger partial charge in [-0.25, -0.2) is 13.2 Å². The van der Waals surface area contributed by atoms with Gasteiger partial charge in [-0.3, -0.25) is 9.69 Å². The highest BCUT2D eigenvalue weighted by Gasteiger charge is 2.51. The third-order valence-electron chi connectivity index (χ3n) is 3.73. The van der Waals surface area contributed by atoms with Crippen molar-refractivity contribution in [2.75, 3.05) is 18.6 Å². The minimum atomic E-state index is -3.26. The maximum absolute atomic E-state index is 12.7. The van der Waals surface area contributed by atoms with Crippen LogP contribution in [0.1, 0.15) is 18.9 Å². The molecule has 1 aliphatic heterocycles. The molecule has 3 amide bonds. The molecule has 120 valence electrons. The molecule has 0 radical (unpaired) electrons. The van der Waals surface area contributed by atoms with Crippen LogP contribution in [0.4, 0.5) is 4.79 Å². The lowest BCUT2D eigenvalue weighted by atomic mass is 9.87. The Morgan fingerprint density at radius 1 is 1.23 bits per heavy atom. The molecule has 6 nitrogen and oxygen atoms in total. The second-order valence-electron chi connectivity index (χ2n) is 5.28. The highest BCUT2D eigenvalue weighted by atomic mass is 35.5. The topological polar surface area (TPSA) is 83.6 Å². The summed E-state index contributed by atoms with van der Waals surface area (Å²) in [6.45, 7) is 1.63. The van der Waals surface area contributed by atoms with Gasteiger partial charge < -0.3 is 5.32 Å². The van der Waals surface area contributed by atoms with Crippen molar-refractivity contribution in [1.29, 1.82) is 0 Å². The van der Waals surface area contributed by atoms with Gasteiger partial charge in [0.25, 0.3) is 5.91 Å². The standard InChI is InChI=1S/C14H17ClN2O4S/c1-3-14(10-4-6-11(15)7-5-10)12(18)17(13(19)16-14)8-9-22(2,20)21/h4-7H,3,8-9H2,1-2H3,(H,16,19)/t14-/m0/s1. The fourth-order valence-corrected chi connectivity index (χ4v) is 3.10. The molecule has 1 fully saturated rings. The minimum Gasteiger partial charge on any atom is -0.319 e. The summed E-state index contributed by atoms with van der Waals surface area (Å²) in [6, 6.07) is 6.08. The van der Waals surface area contributed by atoms with Crippen LogP contribution in [-0.4, -0.2) is 43.8 Å². The summed E-state index contributed by atoms with van der Waals surface area (Å²) in [4.78, 5) is 25.7. The Balaban J connectivity index is 2.33. The van der Waals surface area contributed by atoms with E-state index in [-0.39, 0.29) is 12.3 Å². The van der Waals surface area contributed by atoms with Crippen molar-refractivity contribution in [3.63, 3.8) is 0 Å². The molecule has 1 aromatic carbocycles. The Morgan fingerprint density at radius 3 is 2.32 bits per heavy atom. The van der Waals surface area contributed by atoms with Crippen molar-refractivity contribution in [2.24, 2.45) is 0 Å². The van der Waals surface area contributed by atoms with Crippen LogP contribution in [-0.2, 0) is 20.2 Å². The molecule has 0 aliphatic carbocycles. The normalized spacial score (nSPS) is 22.0. The highest BCUT2D eigenvalue weighted by Crippen LogP contribution is 2.32. The first-order chi connectivity index (χ1) is 10.2. The fraction of sp³-hybridized carbons (Fsp3) is 0.429. The largest absolute Gasteiger partial charge is 0.325 e. The molecule has 0 saturated carbocycles. The number of carbonyl (C=O) groups is 2. The quantitative estimate of drug-likeness (QED) is 0.821. The summed E-state index contributed by atoms with van der Waals surface area (Å²) in [7, 11) is -3.26. The number of urea groups is 1. The minimum absolute atomic E-state index is 0.154. The Kier molecular flexibility index (Phi) is 4.49. The number of nitrogens with one attached hydrogen (secondary N) is 1. The molecule has 8 heteroatoms. The summed E-state index contributed by atoms with van der Waals surface area (Å²) in [5.41, 5.74) is -0.543. The molecule has 1 aromatic rings. The molecule has 0 bridgehead atoms. The monoisotopic (exact) mass is 344 g/mol. The molecule has 1 aliphatic rings. The van der Waals surface area contributed by atoms with Gasteiger partial charge in [0.1, 0.15) is 15.4 Å². The van der Waals surface area contributed by atoms with E-state index in [1.165, 1.54) is 0 Å². The molecule has 1 saturated heterocycles. The number of hydrogen-bond donors (Lipinski definition) is 1. The van der Waals surface area contributed by atoms with E-state index in [0.29, 0.717) is 17.0 Å². The number of benzene rings is 1. The van der Waals surface area contributed by atoms with E-state index in [0.717, 1.165) is 11.2 Å². The first-order valence-corrected chi connectivity index (χ1v) is 9.21. The molecular formula is C14H17ClN2O4S. The van der Waals surface area contributed by atoms with E-state index in [2.05, 4.69) is 5.32 Å². The molecule has 0 unspecified atom stereocenters. The van der Waals surface area contributed by atoms with E-state index >= 15 is 0 Å². The van der Waals surface area contributed by atoms with Crippen LogP contribution in [0.15, 0.2) is 24.3 Å². The molecule has 2 rings (SSSR count). The molecule has 0 spiro atoms. The van der Waals surface area contributed by atoms with Crippen molar-refractivity contribution in [2.45, 2.75) is 18.9 Å². The van der Waals surface area contributed by atoms with Gasteiger partial charge in [0.05, 0.1) is 5.75 Å². The van der Waals surface area contributed by atoms with Crippen molar-refractivity contribution in [1.82, 2.24) is 10.2 Å². The van der Waals surface area contributed by atoms with E-state index in [9.17, 15) is 18.0 Å². The van der Waals surface area contributed by atoms with Crippen molar-refractivity contribution < 1.29 is 18.0 Å². The predicted molar refractivity (Wildman–Crippen MR) is 83.4 cm³/mol. The summed E-state index contributed by atoms with van der Waals surface area (Å²) in [5.74, 6) is -0.696. The van der Waals surface area contributed by atoms with Gasteiger partial charge in [0.2, 0.25) is 0 Å². The molecule has 1 atom stereocenters. The van der Waals surface area contributed by atoms with Crippen LogP contribution in [0, 0.1) is 0 Å². The number of imide groups is 1. The average molecular weight is 345 g/mol. The predicted octanol–water partition coefficient (Wildman–Crippen LogP) is 1.54. The lowest BCUT2D eigenvalue weighted by molar-refractivity contribution is -0.131. The molecule has 22 heavy (non-hydrogen) atoms. The van der Waals surface area contributed by atoms with E-state index in [1.54, 1.807) is 31.2 Å². The third kappa shape index (κ3) is 3.10. The maximum atomic E-state index is 12.7. The number of carbonyl (C=O) groups excluding carboxylic acids is 2. The van der Waals surface area contributed by atoms with Crippen LogP contribution in [0.5, 0.6) is 0 Å². The van der Waals surface area contributed by atoms with Gasteiger partial charge in [-0.05, 0) is 24.1 Å². The number of rotatable bonds is 5. The summed E-state index contributed by atoms with van der Waals surface area (Å²) >= 11 is 5.85. The number of nitrogens with zero attached hydrogens (tertiary/aromatic N) is 1. The molecule has 1 heterocycles. The van der Waals surface area contributed by atoms with Crippen LogP contribution >= 0.6 is 11.6 Å². The van der Waals surface area contributed by atoms with E-state index in [4.69, 9.17) is 11.6 Å². The van der Waals surface area contributed by atoms with Gasteiger partial charge in [-0.15, -0.1) is 0 Å². The van der Waals surface area contributed by atoms with E-state index < -0.39 is 27.3 Å². The zero-order valence-corrected chi connectivity index (χ0v) is 13.9. The van der Waals surface area contributed by atoms with Crippen molar-refractivity contribution in [3.8, 4) is 0 Å². The van der Waals surface area contributed by atoms with Gasteiger partial charge in [-0.2, -0.15) is 0 Å². The van der Waals surface area contributed by atoms with Crippen LogP contribution in [0.25, 0.3) is 0 Å². The van der Waals surface area contributed by atoms with Crippen LogP contribution < -0.4 is 5.32 Å². The zero-order chi connectivity index (χ0) is 16.5. The van der Waals surface area contributed by atoms with Crippen molar-refractivity contribution in [3.05, 3.63) is 34.9 Å². The summed E-state index contributed by atoms with van der Waals surface area (Å²) in [5, 5.41) is 3.22. The van der Waals surface area contributed by atoms with Gasteiger partial charge in [-0.1, -0.05) is 30.7 Å². The average Bonchev–Trinajstić information content (AvgIpc) is 2.68. The SMILES string of the molecule is CC[C@@]1(c2ccc(Cl)cc2)NC(=O)N(CCS(C)(=O)=O)C1=O. The van der Waals surface area contributed by atoms with Crippen LogP contribution in [0.2, 0.25) is 5.02 Å². The van der Waals surface area contributed by atoms with Gasteiger partial charge in [0, 0.05) is 17.8 Å². The Hall–Kier alpha value is -1.60. The van der Waals surface area contributed by atoms with Gasteiger partial charge >= 0.3 is 6.03 Å². The maximum Gasteiger partial charge on any atom is 0.325 e. The second-order valence-corrected chi connectivity index (χ2v) is 7.98. The van der Waals surface area contributed by atoms with Crippen LogP contribution in [0.3, 0.4) is 0 Å². The lowest BCUT2D eigenvalue weighted by Crippen LogP contribution is -2.43. The molecular weight excluding hydrogens is 328 g/mol. The fourth-order valence-electron chi connectivity index (χ4n) is 2.46. The first kappa shape index (κ1) is 16.8. The number of hydrogen-bond acceptors (Lipinski definition) is 4. The smallest absolute Gasteiger partial charge is 0.319 e. The number of sulfone groups is 1. The zero-order valence-electron chi connectivity index (χ0n) is 12.3. The summed E-state index contributed by atoms with van der Waals surface area (Å²) < 4.78 is 22.5. The number of halogens is 1. The Morgan fingerprint density at radius 2 is 1.82 bits per heavy atom. The highest BCUT2D eigenvalue weighted by molar-refractivity contribution is 7.90. The molecule has 1 N–H and O–H groups in total. The third-order valence-corrected chi connectivity index (χ3v) is 4.90. The Labute approximate surface area is 134 Å². The number of amides is 3.